The summed E-state index contributed by atoms with van der Waals surface area (Å²) in [5, 5.41) is 24.5. The Hall–Kier alpha value is -3.29. The Labute approximate surface area is 118 Å². The topological polar surface area (TPSA) is 124 Å². The molecule has 0 atom stereocenters. The molecular formula is C13H10N6O2. The number of rotatable bonds is 3. The number of nitrogens with one attached hydrogen (secondary N) is 1. The predicted octanol–water partition coefficient (Wildman–Crippen LogP) is 2.02. The van der Waals surface area contributed by atoms with E-state index in [4.69, 9.17) is 5.73 Å². The summed E-state index contributed by atoms with van der Waals surface area (Å²) >= 11 is 0. The molecule has 21 heavy (non-hydrogen) atoms. The Morgan fingerprint density at radius 3 is 2.67 bits per heavy atom. The Morgan fingerprint density at radius 1 is 1.14 bits per heavy atom. The van der Waals surface area contributed by atoms with Crippen LogP contribution in [0, 0.1) is 10.1 Å². The van der Waals surface area contributed by atoms with Crippen LogP contribution in [0.15, 0.2) is 42.5 Å². The molecule has 8 nitrogen and oxygen atoms in total. The first kappa shape index (κ1) is 12.7. The number of hydrogen-bond donors (Lipinski definition) is 2. The van der Waals surface area contributed by atoms with E-state index in [9.17, 15) is 10.1 Å². The fraction of sp³-hybridized carbons (Fsp3) is 0. The van der Waals surface area contributed by atoms with Gasteiger partial charge >= 0.3 is 0 Å². The van der Waals surface area contributed by atoms with Crippen molar-refractivity contribution >= 4 is 11.4 Å². The van der Waals surface area contributed by atoms with Crippen LogP contribution in [-0.2, 0) is 0 Å². The standard InChI is InChI=1S/C13H10N6O2/c14-12-5-4-9(7-11(12)13-15-17-18-16-13)8-2-1-3-10(6-8)19(20)21/h1-7H,14H2,(H,15,16,17,18). The Balaban J connectivity index is 2.10. The molecule has 8 heteroatoms. The number of aromatic nitrogens is 4. The van der Waals surface area contributed by atoms with Crippen LogP contribution in [0.3, 0.4) is 0 Å². The minimum Gasteiger partial charge on any atom is -0.398 e. The van der Waals surface area contributed by atoms with Gasteiger partial charge in [-0.3, -0.25) is 10.1 Å². The summed E-state index contributed by atoms with van der Waals surface area (Å²) in [4.78, 5) is 10.4. The highest BCUT2D eigenvalue weighted by molar-refractivity contribution is 5.79. The summed E-state index contributed by atoms with van der Waals surface area (Å²) in [7, 11) is 0. The third-order valence-corrected chi connectivity index (χ3v) is 3.03. The third-order valence-electron chi connectivity index (χ3n) is 3.03. The number of benzene rings is 2. The Kier molecular flexibility index (Phi) is 3.03. The molecular weight excluding hydrogens is 272 g/mol. The fourth-order valence-corrected chi connectivity index (χ4v) is 2.00. The van der Waals surface area contributed by atoms with Crippen molar-refractivity contribution in [2.45, 2.75) is 0 Å². The summed E-state index contributed by atoms with van der Waals surface area (Å²) in [6, 6.07) is 11.7. The number of H-pyrrole nitrogens is 1. The Morgan fingerprint density at radius 2 is 1.95 bits per heavy atom. The average Bonchev–Trinajstić information content (AvgIpc) is 3.02. The zero-order valence-corrected chi connectivity index (χ0v) is 10.7. The van der Waals surface area contributed by atoms with E-state index in [1.165, 1.54) is 12.1 Å². The number of non-ortho nitro benzene ring substituents is 1. The number of tetrazole rings is 1. The number of nitro benzene ring substituents is 1. The molecule has 0 fully saturated rings. The molecule has 104 valence electrons. The second kappa shape index (κ2) is 5.00. The van der Waals surface area contributed by atoms with Crippen molar-refractivity contribution in [3.8, 4) is 22.5 Å². The zero-order chi connectivity index (χ0) is 14.8. The zero-order valence-electron chi connectivity index (χ0n) is 10.7. The summed E-state index contributed by atoms with van der Waals surface area (Å²) in [5.74, 6) is 0.375. The smallest absolute Gasteiger partial charge is 0.270 e. The summed E-state index contributed by atoms with van der Waals surface area (Å²) in [6.07, 6.45) is 0. The van der Waals surface area contributed by atoms with Gasteiger partial charge in [0.2, 0.25) is 5.82 Å². The van der Waals surface area contributed by atoms with Crippen molar-refractivity contribution in [2.75, 3.05) is 5.73 Å². The fourth-order valence-electron chi connectivity index (χ4n) is 2.00. The number of aromatic amines is 1. The first-order valence-corrected chi connectivity index (χ1v) is 6.03. The molecule has 1 heterocycles. The SMILES string of the molecule is Nc1ccc(-c2cccc([N+](=O)[O-])c2)cc1-c1nn[nH]n1. The van der Waals surface area contributed by atoms with Crippen molar-refractivity contribution in [2.24, 2.45) is 0 Å². The van der Waals surface area contributed by atoms with E-state index in [-0.39, 0.29) is 5.69 Å². The molecule has 0 bridgehead atoms. The molecule has 0 radical (unpaired) electrons. The number of nitro groups is 1. The summed E-state index contributed by atoms with van der Waals surface area (Å²) in [5.41, 5.74) is 8.56. The van der Waals surface area contributed by atoms with Gasteiger partial charge in [-0.1, -0.05) is 18.2 Å². The van der Waals surface area contributed by atoms with Crippen LogP contribution in [0.2, 0.25) is 0 Å². The average molecular weight is 282 g/mol. The van der Waals surface area contributed by atoms with Crippen LogP contribution >= 0.6 is 0 Å². The van der Waals surface area contributed by atoms with Crippen LogP contribution in [0.5, 0.6) is 0 Å². The molecule has 3 N–H and O–H groups in total. The van der Waals surface area contributed by atoms with E-state index < -0.39 is 4.92 Å². The van der Waals surface area contributed by atoms with Gasteiger partial charge in [-0.15, -0.1) is 10.2 Å². The lowest BCUT2D eigenvalue weighted by atomic mass is 10.0. The van der Waals surface area contributed by atoms with Crippen molar-refractivity contribution in [3.05, 3.63) is 52.6 Å². The maximum Gasteiger partial charge on any atom is 0.270 e. The molecule has 0 spiro atoms. The highest BCUT2D eigenvalue weighted by Crippen LogP contribution is 2.30. The van der Waals surface area contributed by atoms with Gasteiger partial charge in [0.05, 0.1) is 4.92 Å². The lowest BCUT2D eigenvalue weighted by molar-refractivity contribution is -0.384. The van der Waals surface area contributed by atoms with Crippen molar-refractivity contribution in [1.29, 1.82) is 0 Å². The van der Waals surface area contributed by atoms with Crippen LogP contribution < -0.4 is 5.73 Å². The minimum absolute atomic E-state index is 0.0328. The second-order valence-electron chi connectivity index (χ2n) is 4.34. The van der Waals surface area contributed by atoms with Gasteiger partial charge in [0, 0.05) is 23.4 Å². The minimum atomic E-state index is -0.430. The van der Waals surface area contributed by atoms with Crippen LogP contribution in [0.4, 0.5) is 11.4 Å². The normalized spacial score (nSPS) is 10.5. The highest BCUT2D eigenvalue weighted by atomic mass is 16.6. The van der Waals surface area contributed by atoms with E-state index in [0.29, 0.717) is 22.6 Å². The summed E-state index contributed by atoms with van der Waals surface area (Å²) in [6.45, 7) is 0. The monoisotopic (exact) mass is 282 g/mol. The van der Waals surface area contributed by atoms with E-state index in [1.807, 2.05) is 0 Å². The first-order valence-electron chi connectivity index (χ1n) is 6.03. The van der Waals surface area contributed by atoms with Crippen molar-refractivity contribution < 1.29 is 4.92 Å². The lowest BCUT2D eigenvalue weighted by Crippen LogP contribution is -1.93. The molecule has 0 amide bonds. The number of nitrogens with zero attached hydrogens (tertiary/aromatic N) is 4. The van der Waals surface area contributed by atoms with Gasteiger partial charge in [-0.25, -0.2) is 0 Å². The summed E-state index contributed by atoms with van der Waals surface area (Å²) < 4.78 is 0. The maximum absolute atomic E-state index is 10.8. The molecule has 0 saturated carbocycles. The van der Waals surface area contributed by atoms with Gasteiger partial charge in [0.15, 0.2) is 0 Å². The largest absolute Gasteiger partial charge is 0.398 e. The van der Waals surface area contributed by atoms with E-state index in [1.54, 1.807) is 30.3 Å². The van der Waals surface area contributed by atoms with Crippen LogP contribution in [0.1, 0.15) is 0 Å². The number of anilines is 1. The molecule has 0 saturated heterocycles. The second-order valence-corrected chi connectivity index (χ2v) is 4.34. The van der Waals surface area contributed by atoms with E-state index in [2.05, 4.69) is 20.6 Å². The van der Waals surface area contributed by atoms with Gasteiger partial charge in [0.1, 0.15) is 0 Å². The molecule has 0 aliphatic rings. The van der Waals surface area contributed by atoms with Gasteiger partial charge in [-0.05, 0) is 28.5 Å². The molecule has 2 aromatic carbocycles. The molecule has 0 unspecified atom stereocenters. The number of nitrogen functional groups attached to an aromatic ring is 1. The molecule has 0 aliphatic carbocycles. The molecule has 0 aliphatic heterocycles. The quantitative estimate of drug-likeness (QED) is 0.430. The van der Waals surface area contributed by atoms with Crippen molar-refractivity contribution in [3.63, 3.8) is 0 Å². The molecule has 1 aromatic heterocycles. The van der Waals surface area contributed by atoms with Gasteiger partial charge in [0.25, 0.3) is 5.69 Å². The van der Waals surface area contributed by atoms with Gasteiger partial charge < -0.3 is 5.73 Å². The third kappa shape index (κ3) is 2.41. The van der Waals surface area contributed by atoms with Crippen LogP contribution in [0.25, 0.3) is 22.5 Å². The highest BCUT2D eigenvalue weighted by Gasteiger charge is 2.11. The van der Waals surface area contributed by atoms with E-state index >= 15 is 0 Å². The van der Waals surface area contributed by atoms with Crippen molar-refractivity contribution in [1.82, 2.24) is 20.6 Å². The van der Waals surface area contributed by atoms with E-state index in [0.717, 1.165) is 5.56 Å². The molecule has 3 rings (SSSR count). The number of nitrogens with two attached hydrogens (primary N) is 1. The van der Waals surface area contributed by atoms with Crippen LogP contribution in [-0.4, -0.2) is 25.5 Å². The Bertz CT molecular complexity index is 800. The maximum atomic E-state index is 10.8. The lowest BCUT2D eigenvalue weighted by Gasteiger charge is -2.06. The predicted molar refractivity (Wildman–Crippen MR) is 76.1 cm³/mol. The molecule has 3 aromatic rings. The van der Waals surface area contributed by atoms with Gasteiger partial charge in [-0.2, -0.15) is 5.21 Å². The number of hydrogen-bond acceptors (Lipinski definition) is 6. The first-order chi connectivity index (χ1) is 10.1.